The van der Waals surface area contributed by atoms with E-state index in [2.05, 4.69) is 41.2 Å². The summed E-state index contributed by atoms with van der Waals surface area (Å²) in [7, 11) is 1.69. The van der Waals surface area contributed by atoms with Gasteiger partial charge in [0, 0.05) is 11.0 Å². The molecule has 0 saturated carbocycles. The molecule has 1 aromatic rings. The Morgan fingerprint density at radius 1 is 1.47 bits per heavy atom. The highest BCUT2D eigenvalue weighted by atomic mass is 79.9. The van der Waals surface area contributed by atoms with Gasteiger partial charge in [0.25, 0.3) is 0 Å². The molecule has 0 aliphatic rings. The lowest BCUT2D eigenvalue weighted by atomic mass is 10.1. The predicted molar refractivity (Wildman–Crippen MR) is 77.5 cm³/mol. The van der Waals surface area contributed by atoms with Crippen molar-refractivity contribution in [2.24, 2.45) is 0 Å². The van der Waals surface area contributed by atoms with Crippen LogP contribution in [0.5, 0.6) is 5.75 Å². The van der Waals surface area contributed by atoms with Gasteiger partial charge in [0.05, 0.1) is 7.11 Å². The van der Waals surface area contributed by atoms with E-state index in [1.54, 1.807) is 7.11 Å². The lowest BCUT2D eigenvalue weighted by molar-refractivity contribution is 0.414. The average molecular weight is 298 g/mol. The summed E-state index contributed by atoms with van der Waals surface area (Å²) in [5.74, 6) is 0.883. The minimum Gasteiger partial charge on any atom is -0.497 e. The van der Waals surface area contributed by atoms with Crippen LogP contribution in [0.2, 0.25) is 0 Å². The first-order valence-corrected chi connectivity index (χ1v) is 6.68. The summed E-state index contributed by atoms with van der Waals surface area (Å²) in [6.45, 7) is 6.29. The van der Waals surface area contributed by atoms with Crippen LogP contribution in [0.1, 0.15) is 25.8 Å². The first-order valence-electron chi connectivity index (χ1n) is 5.88. The number of rotatable bonds is 6. The molecule has 0 aliphatic heterocycles. The van der Waals surface area contributed by atoms with E-state index in [0.717, 1.165) is 35.3 Å². The van der Waals surface area contributed by atoms with Crippen LogP contribution in [0.3, 0.4) is 0 Å². The quantitative estimate of drug-likeness (QED) is 0.805. The summed E-state index contributed by atoms with van der Waals surface area (Å²) in [5, 5.41) is 3.39. The van der Waals surface area contributed by atoms with Crippen LogP contribution in [0.15, 0.2) is 28.2 Å². The van der Waals surface area contributed by atoms with Crippen molar-refractivity contribution in [1.82, 2.24) is 5.32 Å². The van der Waals surface area contributed by atoms with Crippen molar-refractivity contribution in [1.29, 1.82) is 0 Å². The van der Waals surface area contributed by atoms with E-state index in [0.29, 0.717) is 0 Å². The third-order valence-electron chi connectivity index (χ3n) is 2.44. The van der Waals surface area contributed by atoms with Gasteiger partial charge in [-0.25, -0.2) is 0 Å². The second kappa shape index (κ2) is 7.51. The number of methoxy groups -OCH3 is 1. The summed E-state index contributed by atoms with van der Waals surface area (Å²) in [4.78, 5) is 0. The smallest absolute Gasteiger partial charge is 0.119 e. The fourth-order valence-electron chi connectivity index (χ4n) is 1.54. The number of hydrogen-bond donors (Lipinski definition) is 1. The van der Waals surface area contributed by atoms with Gasteiger partial charge in [0.1, 0.15) is 5.75 Å². The average Bonchev–Trinajstić information content (AvgIpc) is 2.32. The minimum atomic E-state index is 0.883. The molecule has 0 radical (unpaired) electrons. The van der Waals surface area contributed by atoms with Crippen LogP contribution in [-0.2, 0) is 0 Å². The molecule has 0 heterocycles. The third kappa shape index (κ3) is 4.92. The van der Waals surface area contributed by atoms with Gasteiger partial charge in [0.15, 0.2) is 0 Å². The minimum absolute atomic E-state index is 0.883. The number of halogens is 1. The third-order valence-corrected chi connectivity index (χ3v) is 3.16. The van der Waals surface area contributed by atoms with Crippen molar-refractivity contribution in [2.45, 2.75) is 20.3 Å². The normalized spacial score (nSPS) is 11.6. The Morgan fingerprint density at radius 2 is 2.24 bits per heavy atom. The van der Waals surface area contributed by atoms with Gasteiger partial charge in [-0.05, 0) is 43.7 Å². The summed E-state index contributed by atoms with van der Waals surface area (Å²) in [5.41, 5.74) is 2.47. The summed E-state index contributed by atoms with van der Waals surface area (Å²) in [6, 6.07) is 6.00. The second-order valence-corrected chi connectivity index (χ2v) is 4.91. The van der Waals surface area contributed by atoms with E-state index in [1.807, 2.05) is 18.2 Å². The highest BCUT2D eigenvalue weighted by molar-refractivity contribution is 9.10. The lowest BCUT2D eigenvalue weighted by Crippen LogP contribution is -2.16. The highest BCUT2D eigenvalue weighted by Crippen LogP contribution is 2.24. The van der Waals surface area contributed by atoms with Gasteiger partial charge in [-0.2, -0.15) is 0 Å². The van der Waals surface area contributed by atoms with Crippen LogP contribution < -0.4 is 10.1 Å². The predicted octanol–water partition coefficient (Wildman–Crippen LogP) is 3.86. The molecule has 94 valence electrons. The molecule has 3 heteroatoms. The maximum absolute atomic E-state index is 5.22. The van der Waals surface area contributed by atoms with Crippen molar-refractivity contribution in [3.05, 3.63) is 33.8 Å². The summed E-state index contributed by atoms with van der Waals surface area (Å²) >= 11 is 3.55. The maximum atomic E-state index is 5.22. The Morgan fingerprint density at radius 3 is 2.88 bits per heavy atom. The molecule has 0 saturated heterocycles. The van der Waals surface area contributed by atoms with Gasteiger partial charge in [-0.1, -0.05) is 34.5 Å². The Bertz CT molecular complexity index is 388. The molecule has 1 aromatic carbocycles. The highest BCUT2D eigenvalue weighted by Gasteiger charge is 2.00. The van der Waals surface area contributed by atoms with Gasteiger partial charge in [-0.15, -0.1) is 0 Å². The van der Waals surface area contributed by atoms with Crippen molar-refractivity contribution in [2.75, 3.05) is 20.2 Å². The fraction of sp³-hybridized carbons (Fsp3) is 0.429. The van der Waals surface area contributed by atoms with Crippen molar-refractivity contribution < 1.29 is 4.74 Å². The zero-order valence-electron chi connectivity index (χ0n) is 10.7. The van der Waals surface area contributed by atoms with Crippen LogP contribution >= 0.6 is 15.9 Å². The number of ether oxygens (including phenoxy) is 1. The lowest BCUT2D eigenvalue weighted by Gasteiger charge is -2.06. The van der Waals surface area contributed by atoms with Gasteiger partial charge in [0.2, 0.25) is 0 Å². The Hall–Kier alpha value is -0.800. The molecule has 1 rings (SSSR count). The van der Waals surface area contributed by atoms with E-state index in [1.165, 1.54) is 5.57 Å². The second-order valence-electron chi connectivity index (χ2n) is 4.05. The standard InChI is InChI=1S/C14H20BrNO/c1-4-7-16-10-11(2)8-12-9-13(17-3)5-6-14(12)15/h5-6,8-9,16H,4,7,10H2,1-3H3/b11-8+. The molecule has 0 aliphatic carbocycles. The van der Waals surface area contributed by atoms with E-state index >= 15 is 0 Å². The van der Waals surface area contributed by atoms with Gasteiger partial charge in [-0.3, -0.25) is 0 Å². The first kappa shape index (κ1) is 14.3. The number of hydrogen-bond acceptors (Lipinski definition) is 2. The van der Waals surface area contributed by atoms with Gasteiger partial charge < -0.3 is 10.1 Å². The van der Waals surface area contributed by atoms with Crippen molar-refractivity contribution >= 4 is 22.0 Å². The SMILES string of the molecule is CCCNC/C(C)=C/c1cc(OC)ccc1Br. The van der Waals surface area contributed by atoms with E-state index in [-0.39, 0.29) is 0 Å². The fourth-order valence-corrected chi connectivity index (χ4v) is 1.90. The van der Waals surface area contributed by atoms with Crippen molar-refractivity contribution in [3.63, 3.8) is 0 Å². The Kier molecular flexibility index (Phi) is 6.30. The van der Waals surface area contributed by atoms with E-state index in [9.17, 15) is 0 Å². The number of benzene rings is 1. The molecule has 0 amide bonds. The molecular formula is C14H20BrNO. The molecule has 0 unspecified atom stereocenters. The number of nitrogens with one attached hydrogen (secondary N) is 1. The van der Waals surface area contributed by atoms with E-state index < -0.39 is 0 Å². The Labute approximate surface area is 112 Å². The molecular weight excluding hydrogens is 278 g/mol. The van der Waals surface area contributed by atoms with Crippen LogP contribution in [0, 0.1) is 0 Å². The molecule has 17 heavy (non-hydrogen) atoms. The van der Waals surface area contributed by atoms with Gasteiger partial charge >= 0.3 is 0 Å². The molecule has 0 atom stereocenters. The topological polar surface area (TPSA) is 21.3 Å². The molecule has 2 nitrogen and oxygen atoms in total. The molecule has 0 spiro atoms. The van der Waals surface area contributed by atoms with Crippen LogP contribution in [0.4, 0.5) is 0 Å². The molecule has 0 bridgehead atoms. The largest absolute Gasteiger partial charge is 0.497 e. The van der Waals surface area contributed by atoms with E-state index in [4.69, 9.17) is 4.74 Å². The van der Waals surface area contributed by atoms with Crippen molar-refractivity contribution in [3.8, 4) is 5.75 Å². The zero-order valence-corrected chi connectivity index (χ0v) is 12.3. The van der Waals surface area contributed by atoms with Crippen LogP contribution in [0.25, 0.3) is 6.08 Å². The molecule has 1 N–H and O–H groups in total. The summed E-state index contributed by atoms with van der Waals surface area (Å²) < 4.78 is 6.32. The first-order chi connectivity index (χ1) is 8.17. The zero-order chi connectivity index (χ0) is 12.7. The molecule has 0 aromatic heterocycles. The monoisotopic (exact) mass is 297 g/mol. The summed E-state index contributed by atoms with van der Waals surface area (Å²) in [6.07, 6.45) is 3.34. The maximum Gasteiger partial charge on any atom is 0.119 e. The Balaban J connectivity index is 2.74. The van der Waals surface area contributed by atoms with Crippen LogP contribution in [-0.4, -0.2) is 20.2 Å². The molecule has 0 fully saturated rings.